The van der Waals surface area contributed by atoms with Gasteiger partial charge in [0.1, 0.15) is 11.4 Å². The van der Waals surface area contributed by atoms with E-state index in [0.717, 1.165) is 6.07 Å². The molecular weight excluding hydrogens is 335 g/mol. The highest BCUT2D eigenvalue weighted by molar-refractivity contribution is 5.94. The number of aromatic nitrogens is 4. The van der Waals surface area contributed by atoms with E-state index < -0.39 is 28.9 Å². The molecule has 2 heterocycles. The van der Waals surface area contributed by atoms with E-state index in [1.165, 1.54) is 0 Å². The SMILES string of the molecule is O=C(NCCn1ccc(-c2cnccn2)n1)c1ccc(F)c(F)c1F. The minimum absolute atomic E-state index is 0.124. The molecule has 3 rings (SSSR count). The number of amides is 1. The Bertz CT molecular complexity index is 898. The standard InChI is InChI=1S/C16H12F3N5O/c17-11-2-1-10(14(18)15(11)19)16(25)22-6-8-24-7-3-12(23-24)13-9-20-4-5-21-13/h1-5,7,9H,6,8H2,(H,22,25). The van der Waals surface area contributed by atoms with Crippen molar-refractivity contribution in [3.63, 3.8) is 0 Å². The summed E-state index contributed by atoms with van der Waals surface area (Å²) in [5.41, 5.74) is 0.667. The third-order valence-corrected chi connectivity index (χ3v) is 3.37. The zero-order chi connectivity index (χ0) is 17.8. The molecule has 1 amide bonds. The van der Waals surface area contributed by atoms with Gasteiger partial charge in [0.15, 0.2) is 17.5 Å². The van der Waals surface area contributed by atoms with Gasteiger partial charge in [-0.05, 0) is 18.2 Å². The summed E-state index contributed by atoms with van der Waals surface area (Å²) in [6.07, 6.45) is 6.35. The minimum atomic E-state index is -1.67. The molecule has 128 valence electrons. The Labute approximate surface area is 140 Å². The number of benzene rings is 1. The zero-order valence-corrected chi connectivity index (χ0v) is 12.8. The van der Waals surface area contributed by atoms with Crippen molar-refractivity contribution in [3.8, 4) is 11.4 Å². The van der Waals surface area contributed by atoms with Crippen molar-refractivity contribution in [3.05, 3.63) is 66.0 Å². The van der Waals surface area contributed by atoms with Gasteiger partial charge in [0.25, 0.3) is 5.91 Å². The highest BCUT2D eigenvalue weighted by atomic mass is 19.2. The Morgan fingerprint density at radius 2 is 1.92 bits per heavy atom. The monoisotopic (exact) mass is 347 g/mol. The van der Waals surface area contributed by atoms with Crippen molar-refractivity contribution < 1.29 is 18.0 Å². The molecule has 0 bridgehead atoms. The molecule has 0 saturated carbocycles. The van der Waals surface area contributed by atoms with Crippen molar-refractivity contribution in [1.29, 1.82) is 0 Å². The molecule has 0 aliphatic heterocycles. The summed E-state index contributed by atoms with van der Waals surface area (Å²) >= 11 is 0. The summed E-state index contributed by atoms with van der Waals surface area (Å²) in [7, 11) is 0. The number of hydrogen-bond acceptors (Lipinski definition) is 4. The molecule has 0 radical (unpaired) electrons. The summed E-state index contributed by atoms with van der Waals surface area (Å²) in [6.45, 7) is 0.427. The van der Waals surface area contributed by atoms with E-state index in [2.05, 4.69) is 20.4 Å². The lowest BCUT2D eigenvalue weighted by Crippen LogP contribution is -2.28. The van der Waals surface area contributed by atoms with Crippen LogP contribution in [-0.4, -0.2) is 32.2 Å². The maximum atomic E-state index is 13.5. The van der Waals surface area contributed by atoms with Crippen molar-refractivity contribution in [1.82, 2.24) is 25.1 Å². The molecule has 25 heavy (non-hydrogen) atoms. The smallest absolute Gasteiger partial charge is 0.254 e. The van der Waals surface area contributed by atoms with E-state index in [1.54, 1.807) is 35.5 Å². The van der Waals surface area contributed by atoms with E-state index in [4.69, 9.17) is 0 Å². The fraction of sp³-hybridized carbons (Fsp3) is 0.125. The highest BCUT2D eigenvalue weighted by Gasteiger charge is 2.18. The number of carbonyl (C=O) groups excluding carboxylic acids is 1. The number of hydrogen-bond donors (Lipinski definition) is 1. The van der Waals surface area contributed by atoms with Crippen LogP contribution in [-0.2, 0) is 6.54 Å². The molecule has 0 aliphatic carbocycles. The quantitative estimate of drug-likeness (QED) is 0.718. The molecule has 0 atom stereocenters. The normalized spacial score (nSPS) is 10.7. The zero-order valence-electron chi connectivity index (χ0n) is 12.8. The molecule has 0 fully saturated rings. The Morgan fingerprint density at radius 3 is 2.68 bits per heavy atom. The lowest BCUT2D eigenvalue weighted by atomic mass is 10.2. The predicted octanol–water partition coefficient (Wildman–Crippen LogP) is 2.19. The molecule has 0 aliphatic rings. The molecule has 1 aromatic carbocycles. The van der Waals surface area contributed by atoms with Crippen molar-refractivity contribution in [2.75, 3.05) is 6.54 Å². The molecular formula is C16H12F3N5O. The fourth-order valence-corrected chi connectivity index (χ4v) is 2.13. The third kappa shape index (κ3) is 3.65. The first-order chi connectivity index (χ1) is 12.1. The van der Waals surface area contributed by atoms with E-state index in [0.29, 0.717) is 24.0 Å². The van der Waals surface area contributed by atoms with Gasteiger partial charge in [-0.3, -0.25) is 19.4 Å². The second-order valence-electron chi connectivity index (χ2n) is 5.03. The minimum Gasteiger partial charge on any atom is -0.350 e. The van der Waals surface area contributed by atoms with Gasteiger partial charge in [0, 0.05) is 25.1 Å². The van der Waals surface area contributed by atoms with Crippen LogP contribution in [0.3, 0.4) is 0 Å². The van der Waals surface area contributed by atoms with E-state index in [-0.39, 0.29) is 6.54 Å². The number of rotatable bonds is 5. The highest BCUT2D eigenvalue weighted by Crippen LogP contribution is 2.15. The van der Waals surface area contributed by atoms with Gasteiger partial charge >= 0.3 is 0 Å². The number of carbonyl (C=O) groups is 1. The fourth-order valence-electron chi connectivity index (χ4n) is 2.13. The molecule has 0 spiro atoms. The van der Waals surface area contributed by atoms with Gasteiger partial charge in [-0.1, -0.05) is 0 Å². The predicted molar refractivity (Wildman–Crippen MR) is 81.9 cm³/mol. The lowest BCUT2D eigenvalue weighted by Gasteiger charge is -2.07. The summed E-state index contributed by atoms with van der Waals surface area (Å²) in [4.78, 5) is 19.9. The number of halogens is 3. The summed E-state index contributed by atoms with van der Waals surface area (Å²) in [5, 5.41) is 6.70. The maximum absolute atomic E-state index is 13.5. The molecule has 0 saturated heterocycles. The van der Waals surface area contributed by atoms with Crippen molar-refractivity contribution >= 4 is 5.91 Å². The van der Waals surface area contributed by atoms with Crippen LogP contribution in [0, 0.1) is 17.5 Å². The largest absolute Gasteiger partial charge is 0.350 e. The Kier molecular flexibility index (Phi) is 4.73. The first-order valence-electron chi connectivity index (χ1n) is 7.28. The van der Waals surface area contributed by atoms with Gasteiger partial charge in [0.2, 0.25) is 0 Å². The molecule has 6 nitrogen and oxygen atoms in total. The van der Waals surface area contributed by atoms with E-state index >= 15 is 0 Å². The Balaban J connectivity index is 1.59. The second kappa shape index (κ2) is 7.12. The van der Waals surface area contributed by atoms with Crippen LogP contribution < -0.4 is 5.32 Å². The van der Waals surface area contributed by atoms with Crippen LogP contribution in [0.1, 0.15) is 10.4 Å². The number of nitrogens with zero attached hydrogens (tertiary/aromatic N) is 4. The van der Waals surface area contributed by atoms with Crippen LogP contribution in [0.2, 0.25) is 0 Å². The van der Waals surface area contributed by atoms with Gasteiger partial charge < -0.3 is 5.32 Å². The summed E-state index contributed by atoms with van der Waals surface area (Å²) in [6, 6.07) is 3.33. The number of nitrogens with one attached hydrogen (secondary N) is 1. The van der Waals surface area contributed by atoms with Gasteiger partial charge in [-0.2, -0.15) is 5.10 Å². The summed E-state index contributed by atoms with van der Waals surface area (Å²) in [5.74, 6) is -5.37. The molecule has 2 aromatic heterocycles. The molecule has 9 heteroatoms. The second-order valence-corrected chi connectivity index (χ2v) is 5.03. The average molecular weight is 347 g/mol. The van der Waals surface area contributed by atoms with Gasteiger partial charge in [-0.25, -0.2) is 13.2 Å². The van der Waals surface area contributed by atoms with Gasteiger partial charge in [0.05, 0.1) is 18.3 Å². The lowest BCUT2D eigenvalue weighted by molar-refractivity contribution is 0.0946. The van der Waals surface area contributed by atoms with Gasteiger partial charge in [-0.15, -0.1) is 0 Å². The summed E-state index contributed by atoms with van der Waals surface area (Å²) < 4.78 is 41.1. The average Bonchev–Trinajstić information content (AvgIpc) is 3.09. The topological polar surface area (TPSA) is 72.7 Å². The first kappa shape index (κ1) is 16.6. The molecule has 1 N–H and O–H groups in total. The maximum Gasteiger partial charge on any atom is 0.254 e. The Hall–Kier alpha value is -3.23. The van der Waals surface area contributed by atoms with Crippen LogP contribution in [0.25, 0.3) is 11.4 Å². The first-order valence-corrected chi connectivity index (χ1v) is 7.28. The molecule has 0 unspecified atom stereocenters. The van der Waals surface area contributed by atoms with Crippen LogP contribution in [0.4, 0.5) is 13.2 Å². The van der Waals surface area contributed by atoms with E-state index in [9.17, 15) is 18.0 Å². The van der Waals surface area contributed by atoms with E-state index in [1.807, 2.05) is 0 Å². The van der Waals surface area contributed by atoms with Crippen molar-refractivity contribution in [2.24, 2.45) is 0 Å². The van der Waals surface area contributed by atoms with Crippen LogP contribution in [0.15, 0.2) is 43.0 Å². The molecule has 3 aromatic rings. The van der Waals surface area contributed by atoms with Crippen molar-refractivity contribution in [2.45, 2.75) is 6.54 Å². The third-order valence-electron chi connectivity index (χ3n) is 3.37. The van der Waals surface area contributed by atoms with Crippen LogP contribution >= 0.6 is 0 Å². The van der Waals surface area contributed by atoms with Crippen LogP contribution in [0.5, 0.6) is 0 Å². The Morgan fingerprint density at radius 1 is 1.08 bits per heavy atom.